The van der Waals surface area contributed by atoms with Gasteiger partial charge in [-0.25, -0.2) is 0 Å². The number of fused-ring (bicyclic) bond motifs is 1. The lowest BCUT2D eigenvalue weighted by Crippen LogP contribution is -2.03. The van der Waals surface area contributed by atoms with E-state index >= 15 is 0 Å². The van der Waals surface area contributed by atoms with Crippen molar-refractivity contribution in [2.24, 2.45) is 0 Å². The number of benzene rings is 4. The first-order valence-corrected chi connectivity index (χ1v) is 8.67. The van der Waals surface area contributed by atoms with Crippen molar-refractivity contribution in [3.63, 3.8) is 0 Å². The van der Waals surface area contributed by atoms with Crippen molar-refractivity contribution in [1.82, 2.24) is 0 Å². The molecule has 0 bridgehead atoms. The van der Waals surface area contributed by atoms with Gasteiger partial charge in [0.05, 0.1) is 0 Å². The lowest BCUT2D eigenvalue weighted by Gasteiger charge is -2.11. The summed E-state index contributed by atoms with van der Waals surface area (Å²) < 4.78 is 0. The predicted molar refractivity (Wildman–Crippen MR) is 109 cm³/mol. The Balaban J connectivity index is 1.94. The van der Waals surface area contributed by atoms with E-state index in [0.29, 0.717) is 11.1 Å². The Bertz CT molecular complexity index is 1070. The van der Waals surface area contributed by atoms with Crippen molar-refractivity contribution in [2.45, 2.75) is 0 Å². The van der Waals surface area contributed by atoms with Gasteiger partial charge in [-0.05, 0) is 28.0 Å². The van der Waals surface area contributed by atoms with E-state index in [4.69, 9.17) is 0 Å². The van der Waals surface area contributed by atoms with Crippen LogP contribution in [0.15, 0.2) is 103 Å². The summed E-state index contributed by atoms with van der Waals surface area (Å²) in [7, 11) is 0. The summed E-state index contributed by atoms with van der Waals surface area (Å²) in [6.07, 6.45) is 1.98. The maximum absolute atomic E-state index is 13.3. The van der Waals surface area contributed by atoms with Crippen LogP contribution in [0.1, 0.15) is 21.5 Å². The monoisotopic (exact) mass is 334 g/mol. The van der Waals surface area contributed by atoms with Gasteiger partial charge in [0.15, 0.2) is 5.78 Å². The number of allylic oxidation sites excluding steroid dienone is 1. The van der Waals surface area contributed by atoms with Gasteiger partial charge < -0.3 is 0 Å². The molecule has 0 aromatic heterocycles. The van der Waals surface area contributed by atoms with Crippen LogP contribution in [0.3, 0.4) is 0 Å². The van der Waals surface area contributed by atoms with Crippen molar-refractivity contribution >= 4 is 28.2 Å². The van der Waals surface area contributed by atoms with Crippen LogP contribution in [0.4, 0.5) is 0 Å². The Labute approximate surface area is 153 Å². The molecule has 4 aromatic carbocycles. The van der Waals surface area contributed by atoms with Gasteiger partial charge in [-0.1, -0.05) is 103 Å². The van der Waals surface area contributed by atoms with Gasteiger partial charge in [-0.15, -0.1) is 0 Å². The van der Waals surface area contributed by atoms with Crippen LogP contribution in [0.25, 0.3) is 22.4 Å². The second kappa shape index (κ2) is 7.20. The minimum Gasteiger partial charge on any atom is -0.289 e. The highest BCUT2D eigenvalue weighted by Gasteiger charge is 2.16. The summed E-state index contributed by atoms with van der Waals surface area (Å²) in [5.41, 5.74) is 3.38. The summed E-state index contributed by atoms with van der Waals surface area (Å²) in [6.45, 7) is 0. The molecule has 0 spiro atoms. The summed E-state index contributed by atoms with van der Waals surface area (Å²) in [5.74, 6) is 0.0332. The van der Waals surface area contributed by atoms with Gasteiger partial charge >= 0.3 is 0 Å². The molecule has 124 valence electrons. The SMILES string of the molecule is O=C(/C(=C/c1ccccc1)c1cccc2ccccc12)c1ccccc1. The summed E-state index contributed by atoms with van der Waals surface area (Å²) in [5, 5.41) is 2.21. The summed E-state index contributed by atoms with van der Waals surface area (Å²) in [4.78, 5) is 13.3. The third-order valence-electron chi connectivity index (χ3n) is 4.47. The molecule has 1 heteroatoms. The van der Waals surface area contributed by atoms with Crippen molar-refractivity contribution in [3.8, 4) is 0 Å². The zero-order valence-corrected chi connectivity index (χ0v) is 14.3. The fraction of sp³-hybridized carbons (Fsp3) is 0. The molecular formula is C25H18O. The first-order chi connectivity index (χ1) is 12.8. The Kier molecular flexibility index (Phi) is 4.44. The van der Waals surface area contributed by atoms with Crippen LogP contribution in [0, 0.1) is 0 Å². The summed E-state index contributed by atoms with van der Waals surface area (Å²) in [6, 6.07) is 33.7. The maximum Gasteiger partial charge on any atom is 0.193 e. The first kappa shape index (κ1) is 16.0. The van der Waals surface area contributed by atoms with Gasteiger partial charge in [0, 0.05) is 11.1 Å². The molecule has 0 amide bonds. The normalized spacial score (nSPS) is 11.5. The zero-order chi connectivity index (χ0) is 17.8. The molecule has 4 rings (SSSR count). The molecule has 0 aliphatic rings. The molecule has 4 aromatic rings. The van der Waals surface area contributed by atoms with Crippen LogP contribution in [0.5, 0.6) is 0 Å². The van der Waals surface area contributed by atoms with Crippen LogP contribution >= 0.6 is 0 Å². The van der Waals surface area contributed by atoms with Crippen molar-refractivity contribution in [1.29, 1.82) is 0 Å². The second-order valence-electron chi connectivity index (χ2n) is 6.19. The average molecular weight is 334 g/mol. The highest BCUT2D eigenvalue weighted by Crippen LogP contribution is 2.29. The number of Topliss-reactive ketones (excluding diaryl/α,β-unsaturated/α-hetero) is 1. The van der Waals surface area contributed by atoms with E-state index in [-0.39, 0.29) is 5.78 Å². The molecule has 0 radical (unpaired) electrons. The molecule has 26 heavy (non-hydrogen) atoms. The molecule has 0 atom stereocenters. The van der Waals surface area contributed by atoms with E-state index in [0.717, 1.165) is 21.9 Å². The minimum atomic E-state index is 0.0332. The molecule has 0 fully saturated rings. The fourth-order valence-electron chi connectivity index (χ4n) is 3.19. The van der Waals surface area contributed by atoms with E-state index < -0.39 is 0 Å². The molecule has 0 heterocycles. The first-order valence-electron chi connectivity index (χ1n) is 8.67. The summed E-state index contributed by atoms with van der Waals surface area (Å²) >= 11 is 0. The molecule has 0 aliphatic carbocycles. The second-order valence-corrected chi connectivity index (χ2v) is 6.19. The standard InChI is InChI=1S/C25H18O/c26-25(21-13-5-2-6-14-21)24(18-19-10-3-1-4-11-19)23-17-9-15-20-12-7-8-16-22(20)23/h1-18H/b24-18+. The van der Waals surface area contributed by atoms with Crippen LogP contribution in [-0.2, 0) is 0 Å². The lowest BCUT2D eigenvalue weighted by molar-refractivity contribution is 0.105. The third-order valence-corrected chi connectivity index (χ3v) is 4.47. The topological polar surface area (TPSA) is 17.1 Å². The lowest BCUT2D eigenvalue weighted by atomic mass is 9.91. The smallest absolute Gasteiger partial charge is 0.193 e. The average Bonchev–Trinajstić information content (AvgIpc) is 2.73. The van der Waals surface area contributed by atoms with Crippen LogP contribution in [0.2, 0.25) is 0 Å². The van der Waals surface area contributed by atoms with Crippen molar-refractivity contribution in [3.05, 3.63) is 120 Å². The number of hydrogen-bond acceptors (Lipinski definition) is 1. The highest BCUT2D eigenvalue weighted by atomic mass is 16.1. The van der Waals surface area contributed by atoms with E-state index in [1.54, 1.807) is 0 Å². The Hall–Kier alpha value is -3.45. The Morgan fingerprint density at radius 2 is 1.23 bits per heavy atom. The van der Waals surface area contributed by atoms with E-state index in [2.05, 4.69) is 18.2 Å². The highest BCUT2D eigenvalue weighted by molar-refractivity contribution is 6.34. The van der Waals surface area contributed by atoms with Gasteiger partial charge in [0.25, 0.3) is 0 Å². The number of hydrogen-bond donors (Lipinski definition) is 0. The Morgan fingerprint density at radius 3 is 2.00 bits per heavy atom. The number of carbonyl (C=O) groups is 1. The minimum absolute atomic E-state index is 0.0332. The van der Waals surface area contributed by atoms with Crippen molar-refractivity contribution in [2.75, 3.05) is 0 Å². The van der Waals surface area contributed by atoms with Crippen molar-refractivity contribution < 1.29 is 4.79 Å². The van der Waals surface area contributed by atoms with E-state index in [1.807, 2.05) is 91.0 Å². The number of carbonyl (C=O) groups excluding carboxylic acids is 1. The largest absolute Gasteiger partial charge is 0.289 e. The van der Waals surface area contributed by atoms with E-state index in [9.17, 15) is 4.79 Å². The quantitative estimate of drug-likeness (QED) is 0.244. The molecule has 0 aliphatic heterocycles. The maximum atomic E-state index is 13.3. The molecule has 0 saturated carbocycles. The molecule has 1 nitrogen and oxygen atoms in total. The number of rotatable bonds is 4. The van der Waals surface area contributed by atoms with Crippen LogP contribution in [-0.4, -0.2) is 5.78 Å². The van der Waals surface area contributed by atoms with Crippen LogP contribution < -0.4 is 0 Å². The molecule has 0 unspecified atom stereocenters. The zero-order valence-electron chi connectivity index (χ0n) is 14.3. The van der Waals surface area contributed by atoms with Gasteiger partial charge in [0.2, 0.25) is 0 Å². The van der Waals surface area contributed by atoms with Gasteiger partial charge in [-0.3, -0.25) is 4.79 Å². The molecule has 0 saturated heterocycles. The van der Waals surface area contributed by atoms with Gasteiger partial charge in [0.1, 0.15) is 0 Å². The number of ketones is 1. The molecular weight excluding hydrogens is 316 g/mol. The fourth-order valence-corrected chi connectivity index (χ4v) is 3.19. The third kappa shape index (κ3) is 3.20. The van der Waals surface area contributed by atoms with E-state index in [1.165, 1.54) is 0 Å². The Morgan fingerprint density at radius 1 is 0.615 bits per heavy atom. The van der Waals surface area contributed by atoms with Gasteiger partial charge in [-0.2, -0.15) is 0 Å². The predicted octanol–water partition coefficient (Wildman–Crippen LogP) is 6.26. The molecule has 0 N–H and O–H groups in total.